The third-order valence-corrected chi connectivity index (χ3v) is 7.11. The summed E-state index contributed by atoms with van der Waals surface area (Å²) in [7, 11) is -2.03. The number of hydrogen-bond acceptors (Lipinski definition) is 5. The molecule has 3 rings (SSSR count). The summed E-state index contributed by atoms with van der Waals surface area (Å²) in [6.07, 6.45) is 1.07. The van der Waals surface area contributed by atoms with Gasteiger partial charge in [0, 0.05) is 44.0 Å². The van der Waals surface area contributed by atoms with Crippen LogP contribution in [0.1, 0.15) is 16.9 Å². The summed E-state index contributed by atoms with van der Waals surface area (Å²) in [6, 6.07) is 10.9. The molecular weight excluding hydrogens is 382 g/mol. The van der Waals surface area contributed by atoms with E-state index in [1.807, 2.05) is 4.90 Å². The molecule has 1 aromatic heterocycles. The van der Waals surface area contributed by atoms with Crippen molar-refractivity contribution in [2.75, 3.05) is 33.2 Å². The fourth-order valence-electron chi connectivity index (χ4n) is 3.14. The van der Waals surface area contributed by atoms with E-state index >= 15 is 0 Å². The number of amides is 1. The highest BCUT2D eigenvalue weighted by Gasteiger charge is 2.21. The smallest absolute Gasteiger partial charge is 0.240 e. The van der Waals surface area contributed by atoms with Gasteiger partial charge in [0.05, 0.1) is 4.90 Å². The van der Waals surface area contributed by atoms with E-state index in [1.165, 1.54) is 11.9 Å². The topological polar surface area (TPSA) is 69.7 Å². The van der Waals surface area contributed by atoms with Crippen molar-refractivity contribution in [3.8, 4) is 0 Å². The number of sulfonamides is 1. The highest BCUT2D eigenvalue weighted by molar-refractivity contribution is 7.89. The van der Waals surface area contributed by atoms with Crippen molar-refractivity contribution in [1.82, 2.24) is 14.5 Å². The van der Waals surface area contributed by atoms with E-state index < -0.39 is 10.0 Å². The monoisotopic (exact) mass is 407 g/mol. The van der Waals surface area contributed by atoms with Gasteiger partial charge in [-0.25, -0.2) is 13.1 Å². The number of piperazine rings is 1. The normalized spacial score (nSPS) is 15.8. The Morgan fingerprint density at radius 3 is 2.41 bits per heavy atom. The second-order valence-corrected chi connectivity index (χ2v) is 9.51. The maximum Gasteiger partial charge on any atom is 0.240 e. The van der Waals surface area contributed by atoms with Crippen LogP contribution in [0.4, 0.5) is 0 Å². The van der Waals surface area contributed by atoms with Gasteiger partial charge in [-0.1, -0.05) is 18.2 Å². The fourth-order valence-corrected chi connectivity index (χ4v) is 4.62. The molecule has 0 bridgehead atoms. The zero-order chi connectivity index (χ0) is 19.3. The zero-order valence-corrected chi connectivity index (χ0v) is 17.1. The van der Waals surface area contributed by atoms with Gasteiger partial charge in [0.1, 0.15) is 0 Å². The summed E-state index contributed by atoms with van der Waals surface area (Å²) in [5, 5.41) is 2.09. The lowest BCUT2D eigenvalue weighted by molar-refractivity contribution is -0.132. The minimum Gasteiger partial charge on any atom is -0.340 e. The Labute approximate surface area is 164 Å². The molecule has 27 heavy (non-hydrogen) atoms. The van der Waals surface area contributed by atoms with Crippen molar-refractivity contribution in [3.63, 3.8) is 0 Å². The summed E-state index contributed by atoms with van der Waals surface area (Å²) in [5.41, 5.74) is 0.967. The number of carbonyl (C=O) groups excluding carboxylic acids is 1. The first-order valence-corrected chi connectivity index (χ1v) is 11.4. The van der Waals surface area contributed by atoms with E-state index in [-0.39, 0.29) is 10.8 Å². The van der Waals surface area contributed by atoms with Gasteiger partial charge in [-0.15, -0.1) is 11.3 Å². The van der Waals surface area contributed by atoms with Crippen LogP contribution < -0.4 is 4.72 Å². The molecule has 0 spiro atoms. The summed E-state index contributed by atoms with van der Waals surface area (Å²) in [4.78, 5) is 18.4. The van der Waals surface area contributed by atoms with Gasteiger partial charge in [0.2, 0.25) is 15.9 Å². The molecule has 1 aliphatic rings. The number of thiophene rings is 1. The first-order valence-electron chi connectivity index (χ1n) is 9.03. The zero-order valence-electron chi connectivity index (χ0n) is 15.4. The fraction of sp³-hybridized carbons (Fsp3) is 0.421. The molecule has 0 unspecified atom stereocenters. The molecule has 1 amide bonds. The molecule has 1 N–H and O–H groups in total. The van der Waals surface area contributed by atoms with Crippen LogP contribution in [0, 0.1) is 0 Å². The highest BCUT2D eigenvalue weighted by atomic mass is 32.2. The van der Waals surface area contributed by atoms with Crippen molar-refractivity contribution < 1.29 is 13.2 Å². The van der Waals surface area contributed by atoms with Crippen molar-refractivity contribution in [3.05, 3.63) is 52.2 Å². The van der Waals surface area contributed by atoms with Gasteiger partial charge in [0.25, 0.3) is 0 Å². The predicted molar refractivity (Wildman–Crippen MR) is 107 cm³/mol. The second kappa shape index (κ2) is 8.97. The Morgan fingerprint density at radius 1 is 1.11 bits per heavy atom. The number of carbonyl (C=O) groups is 1. The van der Waals surface area contributed by atoms with Crippen molar-refractivity contribution in [2.45, 2.75) is 24.3 Å². The van der Waals surface area contributed by atoms with Crippen molar-refractivity contribution >= 4 is 27.3 Å². The quantitative estimate of drug-likeness (QED) is 0.762. The molecule has 6 nitrogen and oxygen atoms in total. The van der Waals surface area contributed by atoms with E-state index in [1.54, 1.807) is 35.6 Å². The Hall–Kier alpha value is -1.74. The summed E-state index contributed by atoms with van der Waals surface area (Å²) in [5.74, 6) is 0.165. The molecular formula is C19H25N3O3S2. The Morgan fingerprint density at radius 2 is 1.81 bits per heavy atom. The van der Waals surface area contributed by atoms with E-state index in [0.29, 0.717) is 12.8 Å². The maximum absolute atomic E-state index is 12.5. The number of rotatable bonds is 7. The van der Waals surface area contributed by atoms with E-state index in [4.69, 9.17) is 0 Å². The van der Waals surface area contributed by atoms with Gasteiger partial charge in [-0.3, -0.25) is 9.69 Å². The lowest BCUT2D eigenvalue weighted by Crippen LogP contribution is -2.48. The molecule has 1 saturated heterocycles. The van der Waals surface area contributed by atoms with Gasteiger partial charge >= 0.3 is 0 Å². The van der Waals surface area contributed by atoms with Crippen LogP contribution >= 0.6 is 11.3 Å². The Bertz CT molecular complexity index is 841. The molecule has 2 heterocycles. The van der Waals surface area contributed by atoms with Crippen LogP contribution in [-0.2, 0) is 27.8 Å². The molecule has 0 saturated carbocycles. The summed E-state index contributed by atoms with van der Waals surface area (Å²) in [6.45, 7) is 4.30. The van der Waals surface area contributed by atoms with Crippen LogP contribution in [0.25, 0.3) is 0 Å². The van der Waals surface area contributed by atoms with Gasteiger partial charge in [0.15, 0.2) is 0 Å². The number of nitrogens with zero attached hydrogens (tertiary/aromatic N) is 2. The molecule has 2 aromatic rings. The largest absolute Gasteiger partial charge is 0.340 e. The minimum absolute atomic E-state index is 0.165. The van der Waals surface area contributed by atoms with Crippen LogP contribution in [0.15, 0.2) is 46.7 Å². The highest BCUT2D eigenvalue weighted by Crippen LogP contribution is 2.15. The Balaban J connectivity index is 1.44. The lowest BCUT2D eigenvalue weighted by Gasteiger charge is -2.34. The molecule has 146 valence electrons. The second-order valence-electron chi connectivity index (χ2n) is 6.59. The van der Waals surface area contributed by atoms with Gasteiger partial charge in [-0.05, 0) is 42.6 Å². The van der Waals surface area contributed by atoms with Gasteiger partial charge < -0.3 is 4.90 Å². The molecule has 1 aromatic carbocycles. The lowest BCUT2D eigenvalue weighted by atomic mass is 10.1. The molecule has 0 atom stereocenters. The summed E-state index contributed by atoms with van der Waals surface area (Å²) >= 11 is 1.77. The molecule has 0 radical (unpaired) electrons. The number of hydrogen-bond donors (Lipinski definition) is 1. The molecule has 0 aliphatic carbocycles. The predicted octanol–water partition coefficient (Wildman–Crippen LogP) is 1.93. The SMILES string of the molecule is CNS(=O)(=O)c1ccc(CCC(=O)N2CCN(Cc3cccs3)CC2)cc1. The summed E-state index contributed by atoms with van der Waals surface area (Å²) < 4.78 is 25.8. The number of aryl methyl sites for hydroxylation is 1. The van der Waals surface area contributed by atoms with E-state index in [2.05, 4.69) is 27.1 Å². The minimum atomic E-state index is -3.42. The number of nitrogens with one attached hydrogen (secondary N) is 1. The van der Waals surface area contributed by atoms with Crippen LogP contribution in [0.3, 0.4) is 0 Å². The molecule has 8 heteroatoms. The van der Waals surface area contributed by atoms with Crippen LogP contribution in [0.2, 0.25) is 0 Å². The standard InChI is InChI=1S/C19H25N3O3S2/c1-20-27(24,25)18-7-4-16(5-8-18)6-9-19(23)22-12-10-21(11-13-22)15-17-3-2-14-26-17/h2-5,7-8,14,20H,6,9-13,15H2,1H3. The molecule has 1 fully saturated rings. The van der Waals surface area contributed by atoms with Crippen LogP contribution in [0.5, 0.6) is 0 Å². The first-order chi connectivity index (χ1) is 13.0. The Kier molecular flexibility index (Phi) is 6.64. The maximum atomic E-state index is 12.5. The van der Waals surface area contributed by atoms with Gasteiger partial charge in [-0.2, -0.15) is 0 Å². The third-order valence-electron chi connectivity index (χ3n) is 4.81. The van der Waals surface area contributed by atoms with Crippen molar-refractivity contribution in [2.24, 2.45) is 0 Å². The average Bonchev–Trinajstić information content (AvgIpc) is 3.20. The van der Waals surface area contributed by atoms with Crippen molar-refractivity contribution in [1.29, 1.82) is 0 Å². The number of benzene rings is 1. The van der Waals surface area contributed by atoms with E-state index in [0.717, 1.165) is 38.3 Å². The van der Waals surface area contributed by atoms with Crippen LogP contribution in [-0.4, -0.2) is 57.4 Å². The first kappa shape index (κ1) is 20.0. The third kappa shape index (κ3) is 5.38. The molecule has 1 aliphatic heterocycles. The average molecular weight is 408 g/mol. The van der Waals surface area contributed by atoms with E-state index in [9.17, 15) is 13.2 Å².